The highest BCUT2D eigenvalue weighted by Gasteiger charge is 2.19. The number of thiophene rings is 1. The second kappa shape index (κ2) is 5.31. The minimum absolute atomic E-state index is 0.108. The summed E-state index contributed by atoms with van der Waals surface area (Å²) in [6.45, 7) is 5.56. The normalized spacial score (nSPS) is 12.1. The van der Waals surface area contributed by atoms with Crippen molar-refractivity contribution < 1.29 is 9.59 Å². The number of carbonyl (C=O) groups is 2. The van der Waals surface area contributed by atoms with Crippen LogP contribution >= 0.6 is 11.3 Å². The van der Waals surface area contributed by atoms with Crippen LogP contribution in [0.2, 0.25) is 0 Å². The number of aryl methyl sites for hydroxylation is 2. The van der Waals surface area contributed by atoms with Gasteiger partial charge in [0.15, 0.2) is 0 Å². The Morgan fingerprint density at radius 3 is 2.35 bits per heavy atom. The predicted octanol–water partition coefficient (Wildman–Crippen LogP) is 1.57. The molecular weight excluding hydrogens is 236 g/mol. The molecule has 0 radical (unpaired) electrons. The zero-order valence-corrected chi connectivity index (χ0v) is 11.6. The van der Waals surface area contributed by atoms with E-state index >= 15 is 0 Å². The average Bonchev–Trinajstić information content (AvgIpc) is 2.56. The number of nitrogens with zero attached hydrogens (tertiary/aromatic N) is 1. The fourth-order valence-electron chi connectivity index (χ4n) is 1.58. The van der Waals surface area contributed by atoms with Crippen LogP contribution in [0.15, 0.2) is 6.07 Å². The highest BCUT2D eigenvalue weighted by Crippen LogP contribution is 2.20. The van der Waals surface area contributed by atoms with Gasteiger partial charge in [0.05, 0.1) is 5.56 Å². The molecule has 0 unspecified atom stereocenters. The van der Waals surface area contributed by atoms with E-state index in [0.717, 1.165) is 9.75 Å². The third kappa shape index (κ3) is 3.30. The summed E-state index contributed by atoms with van der Waals surface area (Å²) in [4.78, 5) is 27.1. The zero-order valence-electron chi connectivity index (χ0n) is 10.8. The molecule has 0 aromatic carbocycles. The molecule has 1 atom stereocenters. The Hall–Kier alpha value is -1.36. The first-order valence-electron chi connectivity index (χ1n) is 5.42. The summed E-state index contributed by atoms with van der Waals surface area (Å²) in [6.07, 6.45) is 0. The maximum absolute atomic E-state index is 11.9. The fourth-order valence-corrected chi connectivity index (χ4v) is 2.50. The standard InChI is InChI=1S/C12H18N2O2S/c1-7-6-10(9(3)17-7)11(15)13-8(2)12(16)14(4)5/h6,8H,1-5H3,(H,13,15)/t8-/m1/s1. The van der Waals surface area contributed by atoms with Gasteiger partial charge in [-0.1, -0.05) is 0 Å². The molecule has 0 saturated heterocycles. The lowest BCUT2D eigenvalue weighted by molar-refractivity contribution is -0.130. The summed E-state index contributed by atoms with van der Waals surface area (Å²) in [5.41, 5.74) is 0.658. The van der Waals surface area contributed by atoms with Gasteiger partial charge in [-0.15, -0.1) is 11.3 Å². The maximum atomic E-state index is 11.9. The van der Waals surface area contributed by atoms with Crippen LogP contribution in [0.25, 0.3) is 0 Å². The Labute approximate surface area is 106 Å². The number of likely N-dealkylation sites (N-methyl/N-ethyl adjacent to an activating group) is 1. The molecule has 2 amide bonds. The largest absolute Gasteiger partial charge is 0.347 e. The fraction of sp³-hybridized carbons (Fsp3) is 0.500. The zero-order chi connectivity index (χ0) is 13.2. The van der Waals surface area contributed by atoms with Crippen LogP contribution in [-0.4, -0.2) is 36.9 Å². The van der Waals surface area contributed by atoms with Gasteiger partial charge in [0.2, 0.25) is 5.91 Å². The topological polar surface area (TPSA) is 49.4 Å². The number of hydrogen-bond donors (Lipinski definition) is 1. The van der Waals surface area contributed by atoms with Crippen LogP contribution < -0.4 is 5.32 Å². The molecule has 1 heterocycles. The molecule has 0 bridgehead atoms. The second-order valence-corrected chi connectivity index (χ2v) is 5.72. The monoisotopic (exact) mass is 254 g/mol. The minimum Gasteiger partial charge on any atom is -0.347 e. The summed E-state index contributed by atoms with van der Waals surface area (Å²) in [5.74, 6) is -0.294. The molecule has 0 aliphatic carbocycles. The Morgan fingerprint density at radius 2 is 1.94 bits per heavy atom. The van der Waals surface area contributed by atoms with E-state index in [2.05, 4.69) is 5.32 Å². The van der Waals surface area contributed by atoms with Gasteiger partial charge in [0.1, 0.15) is 6.04 Å². The summed E-state index contributed by atoms with van der Waals surface area (Å²) in [6, 6.07) is 1.35. The van der Waals surface area contributed by atoms with Crippen LogP contribution in [0.5, 0.6) is 0 Å². The van der Waals surface area contributed by atoms with Gasteiger partial charge in [-0.25, -0.2) is 0 Å². The third-order valence-corrected chi connectivity index (χ3v) is 3.41. The smallest absolute Gasteiger partial charge is 0.253 e. The maximum Gasteiger partial charge on any atom is 0.253 e. The van der Waals surface area contributed by atoms with E-state index in [0.29, 0.717) is 5.56 Å². The molecule has 0 spiro atoms. The van der Waals surface area contributed by atoms with Gasteiger partial charge in [-0.2, -0.15) is 0 Å². The van der Waals surface area contributed by atoms with E-state index in [1.807, 2.05) is 19.9 Å². The van der Waals surface area contributed by atoms with E-state index in [4.69, 9.17) is 0 Å². The van der Waals surface area contributed by atoms with Gasteiger partial charge >= 0.3 is 0 Å². The summed E-state index contributed by atoms with van der Waals surface area (Å²) < 4.78 is 0. The molecule has 0 saturated carbocycles. The van der Waals surface area contributed by atoms with Gasteiger partial charge in [0.25, 0.3) is 5.91 Å². The first kappa shape index (κ1) is 13.7. The van der Waals surface area contributed by atoms with Gasteiger partial charge < -0.3 is 10.2 Å². The van der Waals surface area contributed by atoms with E-state index in [1.165, 1.54) is 4.90 Å². The highest BCUT2D eigenvalue weighted by atomic mass is 32.1. The number of nitrogens with one attached hydrogen (secondary N) is 1. The Kier molecular flexibility index (Phi) is 4.28. The number of hydrogen-bond acceptors (Lipinski definition) is 3. The number of carbonyl (C=O) groups excluding carboxylic acids is 2. The van der Waals surface area contributed by atoms with Crippen LogP contribution in [0.4, 0.5) is 0 Å². The minimum atomic E-state index is -0.503. The first-order chi connectivity index (χ1) is 7.82. The lowest BCUT2D eigenvalue weighted by Gasteiger charge is -2.17. The molecule has 1 N–H and O–H groups in total. The Morgan fingerprint density at radius 1 is 1.35 bits per heavy atom. The second-order valence-electron chi connectivity index (χ2n) is 4.25. The molecule has 4 nitrogen and oxygen atoms in total. The molecular formula is C12H18N2O2S. The summed E-state index contributed by atoms with van der Waals surface area (Å²) in [7, 11) is 3.34. The molecule has 0 aliphatic heterocycles. The third-order valence-electron chi connectivity index (χ3n) is 2.44. The molecule has 0 aliphatic rings. The van der Waals surface area contributed by atoms with Crippen molar-refractivity contribution in [3.63, 3.8) is 0 Å². The van der Waals surface area contributed by atoms with Gasteiger partial charge in [0, 0.05) is 23.8 Å². The van der Waals surface area contributed by atoms with Gasteiger partial charge in [-0.05, 0) is 26.8 Å². The van der Waals surface area contributed by atoms with Crippen molar-refractivity contribution in [3.05, 3.63) is 21.4 Å². The Bertz CT molecular complexity index is 438. The quantitative estimate of drug-likeness (QED) is 0.890. The van der Waals surface area contributed by atoms with E-state index in [9.17, 15) is 9.59 Å². The van der Waals surface area contributed by atoms with Crippen molar-refractivity contribution in [2.24, 2.45) is 0 Å². The number of amides is 2. The highest BCUT2D eigenvalue weighted by molar-refractivity contribution is 7.12. The lowest BCUT2D eigenvalue weighted by Crippen LogP contribution is -2.44. The Balaban J connectivity index is 2.73. The number of rotatable bonds is 3. The molecule has 17 heavy (non-hydrogen) atoms. The van der Waals surface area contributed by atoms with Crippen molar-refractivity contribution in [1.29, 1.82) is 0 Å². The van der Waals surface area contributed by atoms with Gasteiger partial charge in [-0.3, -0.25) is 9.59 Å². The molecule has 1 aromatic heterocycles. The predicted molar refractivity (Wildman–Crippen MR) is 69.4 cm³/mol. The molecule has 0 fully saturated rings. The van der Waals surface area contributed by atoms with Crippen molar-refractivity contribution in [1.82, 2.24) is 10.2 Å². The SMILES string of the molecule is Cc1cc(C(=O)N[C@H](C)C(=O)N(C)C)c(C)s1. The average molecular weight is 254 g/mol. The molecule has 1 rings (SSSR count). The van der Waals surface area contributed by atoms with Crippen LogP contribution in [-0.2, 0) is 4.79 Å². The van der Waals surface area contributed by atoms with Crippen molar-refractivity contribution in [3.8, 4) is 0 Å². The van der Waals surface area contributed by atoms with Crippen molar-refractivity contribution in [2.45, 2.75) is 26.8 Å². The van der Waals surface area contributed by atoms with Crippen molar-refractivity contribution in [2.75, 3.05) is 14.1 Å². The van der Waals surface area contributed by atoms with E-state index in [1.54, 1.807) is 32.4 Å². The van der Waals surface area contributed by atoms with E-state index < -0.39 is 6.04 Å². The van der Waals surface area contributed by atoms with Crippen LogP contribution in [0.3, 0.4) is 0 Å². The summed E-state index contributed by atoms with van der Waals surface area (Å²) in [5, 5.41) is 2.71. The van der Waals surface area contributed by atoms with E-state index in [-0.39, 0.29) is 11.8 Å². The van der Waals surface area contributed by atoms with Crippen LogP contribution in [0.1, 0.15) is 27.0 Å². The molecule has 5 heteroatoms. The summed E-state index contributed by atoms with van der Waals surface area (Å²) >= 11 is 1.58. The molecule has 1 aromatic rings. The van der Waals surface area contributed by atoms with Crippen LogP contribution in [0, 0.1) is 13.8 Å². The molecule has 94 valence electrons. The van der Waals surface area contributed by atoms with Crippen molar-refractivity contribution >= 4 is 23.2 Å². The lowest BCUT2D eigenvalue weighted by atomic mass is 10.2. The first-order valence-corrected chi connectivity index (χ1v) is 6.23.